The smallest absolute Gasteiger partial charge is 0.193 e. The maximum atomic E-state index is 6.03. The van der Waals surface area contributed by atoms with Gasteiger partial charge in [-0.05, 0) is 43.2 Å². The van der Waals surface area contributed by atoms with Gasteiger partial charge in [0.15, 0.2) is 5.96 Å². The average molecular weight is 485 g/mol. The lowest BCUT2D eigenvalue weighted by Crippen LogP contribution is -2.27. The number of anilines is 1. The summed E-state index contributed by atoms with van der Waals surface area (Å²) in [6.07, 6.45) is 0.775. The van der Waals surface area contributed by atoms with E-state index in [9.17, 15) is 0 Å². The van der Waals surface area contributed by atoms with E-state index in [4.69, 9.17) is 19.9 Å². The number of benzene rings is 2. The highest BCUT2D eigenvalue weighted by atomic mass is 127. The Bertz CT molecular complexity index is 753. The van der Waals surface area contributed by atoms with Crippen molar-refractivity contribution < 1.29 is 14.2 Å². The number of methoxy groups -OCH3 is 2. The fourth-order valence-electron chi connectivity index (χ4n) is 2.42. The molecule has 1 unspecified atom stereocenters. The summed E-state index contributed by atoms with van der Waals surface area (Å²) < 4.78 is 16.6. The summed E-state index contributed by atoms with van der Waals surface area (Å²) in [6, 6.07) is 13.4. The molecule has 0 saturated heterocycles. The van der Waals surface area contributed by atoms with Gasteiger partial charge in [-0.25, -0.2) is 4.99 Å². The van der Waals surface area contributed by atoms with Gasteiger partial charge in [-0.15, -0.1) is 24.0 Å². The second kappa shape index (κ2) is 11.5. The van der Waals surface area contributed by atoms with Crippen molar-refractivity contribution in [3.63, 3.8) is 0 Å². The molecule has 0 spiro atoms. The molecule has 0 heterocycles. The molecule has 148 valence electrons. The number of rotatable bonds is 8. The Hall–Kier alpha value is -2.16. The summed E-state index contributed by atoms with van der Waals surface area (Å²) in [5.74, 6) is 2.50. The first kappa shape index (κ1) is 22.9. The summed E-state index contributed by atoms with van der Waals surface area (Å²) in [7, 11) is 3.21. The number of guanidine groups is 1. The second-order valence-corrected chi connectivity index (χ2v) is 5.88. The van der Waals surface area contributed by atoms with Crippen LogP contribution in [-0.4, -0.2) is 32.8 Å². The maximum Gasteiger partial charge on any atom is 0.193 e. The molecule has 2 rings (SSSR count). The molecule has 6 nitrogen and oxygen atoms in total. The molecule has 0 aliphatic carbocycles. The van der Waals surface area contributed by atoms with E-state index in [-0.39, 0.29) is 30.1 Å². The van der Waals surface area contributed by atoms with E-state index >= 15 is 0 Å². The van der Waals surface area contributed by atoms with E-state index in [2.05, 4.69) is 17.2 Å². The van der Waals surface area contributed by atoms with Gasteiger partial charge in [0.25, 0.3) is 0 Å². The molecular weight excluding hydrogens is 457 g/mol. The van der Waals surface area contributed by atoms with Crippen LogP contribution in [0.2, 0.25) is 0 Å². The molecule has 0 saturated carbocycles. The van der Waals surface area contributed by atoms with Gasteiger partial charge in [0.2, 0.25) is 0 Å². The van der Waals surface area contributed by atoms with Gasteiger partial charge in [-0.1, -0.05) is 19.1 Å². The van der Waals surface area contributed by atoms with Gasteiger partial charge >= 0.3 is 0 Å². The number of nitrogens with one attached hydrogen (secondary N) is 1. The minimum Gasteiger partial charge on any atom is -0.497 e. The molecule has 2 aromatic rings. The monoisotopic (exact) mass is 485 g/mol. The summed E-state index contributed by atoms with van der Waals surface area (Å²) in [5.41, 5.74) is 7.88. The summed E-state index contributed by atoms with van der Waals surface area (Å²) in [6.45, 7) is 4.55. The molecule has 0 bridgehead atoms. The highest BCUT2D eigenvalue weighted by Crippen LogP contribution is 2.28. The Kier molecular flexibility index (Phi) is 9.77. The summed E-state index contributed by atoms with van der Waals surface area (Å²) in [5, 5.41) is 3.06. The van der Waals surface area contributed by atoms with Crippen LogP contribution in [0.3, 0.4) is 0 Å². The molecule has 27 heavy (non-hydrogen) atoms. The first-order valence-electron chi connectivity index (χ1n) is 8.58. The van der Waals surface area contributed by atoms with Crippen LogP contribution < -0.4 is 25.3 Å². The fraction of sp³-hybridized carbons (Fsp3) is 0.350. The molecule has 1 atom stereocenters. The van der Waals surface area contributed by atoms with E-state index in [1.807, 2.05) is 49.4 Å². The predicted molar refractivity (Wildman–Crippen MR) is 121 cm³/mol. The number of hydrogen-bond donors (Lipinski definition) is 2. The van der Waals surface area contributed by atoms with Gasteiger partial charge in [0.05, 0.1) is 26.5 Å². The van der Waals surface area contributed by atoms with Crippen molar-refractivity contribution in [2.24, 2.45) is 10.7 Å². The number of aliphatic imine (C=N–C) groups is 1. The normalized spacial score (nSPS) is 11.9. The number of ether oxygens (including phenoxy) is 3. The third-order valence-corrected chi connectivity index (χ3v) is 3.88. The molecular formula is C20H28IN3O3. The lowest BCUT2D eigenvalue weighted by molar-refractivity contribution is 0.205. The fourth-order valence-corrected chi connectivity index (χ4v) is 2.42. The van der Waals surface area contributed by atoms with Crippen LogP contribution in [0.1, 0.15) is 18.9 Å². The summed E-state index contributed by atoms with van der Waals surface area (Å²) in [4.78, 5) is 4.40. The number of nitrogens with zero attached hydrogens (tertiary/aromatic N) is 1. The van der Waals surface area contributed by atoms with E-state index in [1.165, 1.54) is 0 Å². The Labute approximate surface area is 178 Å². The van der Waals surface area contributed by atoms with Crippen molar-refractivity contribution in [2.45, 2.75) is 26.4 Å². The largest absolute Gasteiger partial charge is 0.497 e. The lowest BCUT2D eigenvalue weighted by atomic mass is 10.2. The first-order valence-corrected chi connectivity index (χ1v) is 8.58. The highest BCUT2D eigenvalue weighted by Gasteiger charge is 2.10. The molecule has 0 radical (unpaired) electrons. The molecule has 0 aliphatic heterocycles. The third kappa shape index (κ3) is 7.16. The zero-order chi connectivity index (χ0) is 18.9. The first-order chi connectivity index (χ1) is 12.5. The van der Waals surface area contributed by atoms with Crippen LogP contribution in [0.5, 0.6) is 17.2 Å². The molecule has 0 amide bonds. The van der Waals surface area contributed by atoms with Crippen LogP contribution in [0.15, 0.2) is 47.5 Å². The van der Waals surface area contributed by atoms with Crippen LogP contribution in [0.4, 0.5) is 5.69 Å². The molecule has 0 fully saturated rings. The van der Waals surface area contributed by atoms with Crippen molar-refractivity contribution in [3.05, 3.63) is 48.0 Å². The number of halogens is 1. The topological polar surface area (TPSA) is 78.1 Å². The quantitative estimate of drug-likeness (QED) is 0.333. The standard InChI is InChI=1S/C20H27N3O3.HI/c1-5-15(26-17-8-6-7-14(2)11-17)13-22-20(21)23-18-12-16(24-3)9-10-19(18)25-4;/h6-12,15H,5,13H2,1-4H3,(H3,21,22,23);1H. The van der Waals surface area contributed by atoms with Gasteiger partial charge < -0.3 is 25.3 Å². The molecule has 0 aliphatic rings. The van der Waals surface area contributed by atoms with E-state index in [0.717, 1.165) is 17.7 Å². The van der Waals surface area contributed by atoms with Crippen LogP contribution in [-0.2, 0) is 0 Å². The highest BCUT2D eigenvalue weighted by molar-refractivity contribution is 14.0. The summed E-state index contributed by atoms with van der Waals surface area (Å²) >= 11 is 0. The van der Waals surface area contributed by atoms with Crippen molar-refractivity contribution in [1.82, 2.24) is 0 Å². The number of aryl methyl sites for hydroxylation is 1. The van der Waals surface area contributed by atoms with Gasteiger partial charge in [-0.2, -0.15) is 0 Å². The van der Waals surface area contributed by atoms with Gasteiger partial charge in [-0.3, -0.25) is 0 Å². The SMILES string of the molecule is CCC(CN=C(N)Nc1cc(OC)ccc1OC)Oc1cccc(C)c1.I. The molecule has 7 heteroatoms. The molecule has 3 N–H and O–H groups in total. The van der Waals surface area contributed by atoms with E-state index in [1.54, 1.807) is 14.2 Å². The third-order valence-electron chi connectivity index (χ3n) is 3.88. The van der Waals surface area contributed by atoms with Gasteiger partial charge in [0.1, 0.15) is 23.4 Å². The zero-order valence-electron chi connectivity index (χ0n) is 16.2. The van der Waals surface area contributed by atoms with Crippen molar-refractivity contribution in [2.75, 3.05) is 26.1 Å². The second-order valence-electron chi connectivity index (χ2n) is 5.88. The van der Waals surface area contributed by atoms with Crippen molar-refractivity contribution in [3.8, 4) is 17.2 Å². The van der Waals surface area contributed by atoms with Crippen LogP contribution >= 0.6 is 24.0 Å². The Morgan fingerprint density at radius 1 is 1.11 bits per heavy atom. The molecule has 0 aromatic heterocycles. The number of hydrogen-bond acceptors (Lipinski definition) is 4. The Balaban J connectivity index is 0.00000364. The number of nitrogens with two attached hydrogens (primary N) is 1. The minimum absolute atomic E-state index is 0. The van der Waals surface area contributed by atoms with Crippen molar-refractivity contribution in [1.29, 1.82) is 0 Å². The Morgan fingerprint density at radius 2 is 1.89 bits per heavy atom. The zero-order valence-corrected chi connectivity index (χ0v) is 18.5. The van der Waals surface area contributed by atoms with E-state index < -0.39 is 0 Å². The van der Waals surface area contributed by atoms with Gasteiger partial charge in [0, 0.05) is 6.07 Å². The lowest BCUT2D eigenvalue weighted by Gasteiger charge is -2.17. The van der Waals surface area contributed by atoms with E-state index in [0.29, 0.717) is 29.7 Å². The predicted octanol–water partition coefficient (Wildman–Crippen LogP) is 4.21. The minimum atomic E-state index is -0.0515. The van der Waals surface area contributed by atoms with Crippen LogP contribution in [0, 0.1) is 6.92 Å². The average Bonchev–Trinajstić information content (AvgIpc) is 2.65. The van der Waals surface area contributed by atoms with Crippen LogP contribution in [0.25, 0.3) is 0 Å². The Morgan fingerprint density at radius 3 is 2.52 bits per heavy atom. The molecule has 2 aromatic carbocycles. The maximum absolute atomic E-state index is 6.03. The van der Waals surface area contributed by atoms with Crippen molar-refractivity contribution >= 4 is 35.6 Å².